The van der Waals surface area contributed by atoms with Gasteiger partial charge in [-0.05, 0) is 5.56 Å². The van der Waals surface area contributed by atoms with E-state index < -0.39 is 0 Å². The molecule has 0 aliphatic carbocycles. The molecule has 1 heterocycles. The van der Waals surface area contributed by atoms with Crippen molar-refractivity contribution in [3.63, 3.8) is 0 Å². The Morgan fingerprint density at radius 3 is 2.67 bits per heavy atom. The number of nitrogens with zero attached hydrogens (tertiary/aromatic N) is 2. The monoisotopic (exact) mass is 280 g/mol. The number of thioether (sulfide) groups is 2. The average Bonchev–Trinajstić information content (AvgIpc) is 2.89. The molecule has 18 heavy (non-hydrogen) atoms. The fourth-order valence-electron chi connectivity index (χ4n) is 1.61. The van der Waals surface area contributed by atoms with E-state index in [1.54, 1.807) is 42.5 Å². The highest BCUT2D eigenvalue weighted by Crippen LogP contribution is 2.36. The highest BCUT2D eigenvalue weighted by molar-refractivity contribution is 8.39. The van der Waals surface area contributed by atoms with Crippen molar-refractivity contribution in [3.8, 4) is 0 Å². The van der Waals surface area contributed by atoms with Crippen molar-refractivity contribution in [1.82, 2.24) is 4.90 Å². The third-order valence-corrected chi connectivity index (χ3v) is 4.99. The fourth-order valence-corrected chi connectivity index (χ4v) is 3.93. The van der Waals surface area contributed by atoms with Crippen molar-refractivity contribution < 1.29 is 4.79 Å². The predicted octanol–water partition coefficient (Wildman–Crippen LogP) is 2.65. The van der Waals surface area contributed by atoms with Gasteiger partial charge in [0.25, 0.3) is 0 Å². The molecule has 0 spiro atoms. The second-order valence-corrected chi connectivity index (χ2v) is 6.57. The first-order valence-electron chi connectivity index (χ1n) is 5.78. The van der Waals surface area contributed by atoms with Gasteiger partial charge in [-0.15, -0.1) is 0 Å². The largest absolute Gasteiger partial charge is 0.348 e. The van der Waals surface area contributed by atoms with Gasteiger partial charge in [0.05, 0.1) is 6.54 Å². The van der Waals surface area contributed by atoms with Gasteiger partial charge < -0.3 is 4.90 Å². The van der Waals surface area contributed by atoms with E-state index in [1.807, 2.05) is 30.3 Å². The highest BCUT2D eigenvalue weighted by atomic mass is 32.2. The molecule has 0 fully saturated rings. The van der Waals surface area contributed by atoms with Crippen molar-refractivity contribution in [2.45, 2.75) is 5.25 Å². The second-order valence-electron chi connectivity index (χ2n) is 4.14. The number of likely N-dealkylation sites (N-methyl/N-ethyl adjacent to an activating group) is 1. The number of carbonyl (C=O) groups excluding carboxylic acids is 1. The summed E-state index contributed by atoms with van der Waals surface area (Å²) < 4.78 is 1.03. The molecule has 0 radical (unpaired) electrons. The van der Waals surface area contributed by atoms with Crippen LogP contribution in [0.15, 0.2) is 35.3 Å². The first-order chi connectivity index (χ1) is 8.68. The van der Waals surface area contributed by atoms with Crippen LogP contribution in [0.2, 0.25) is 0 Å². The van der Waals surface area contributed by atoms with Crippen molar-refractivity contribution >= 4 is 33.8 Å². The Morgan fingerprint density at radius 1 is 1.39 bits per heavy atom. The molecule has 0 saturated heterocycles. The van der Waals surface area contributed by atoms with Gasteiger partial charge in [0.2, 0.25) is 5.91 Å². The van der Waals surface area contributed by atoms with Gasteiger partial charge in [0.1, 0.15) is 9.63 Å². The standard InChI is InChI=1S/C13H16N2OS2/c1-15(2)12(16)11(10-6-4-3-5-7-10)18-13-14-8-9-17-13/h3-7,11H,8-9H2,1-2H3. The zero-order chi connectivity index (χ0) is 13.0. The first kappa shape index (κ1) is 13.5. The minimum absolute atomic E-state index is 0.112. The Hall–Kier alpha value is -0.940. The number of carbonyl (C=O) groups is 1. The molecular weight excluding hydrogens is 264 g/mol. The van der Waals surface area contributed by atoms with Gasteiger partial charge in [-0.2, -0.15) is 0 Å². The molecule has 0 aromatic heterocycles. The van der Waals surface area contributed by atoms with Gasteiger partial charge >= 0.3 is 0 Å². The van der Waals surface area contributed by atoms with E-state index in [0.29, 0.717) is 0 Å². The van der Waals surface area contributed by atoms with E-state index in [9.17, 15) is 4.79 Å². The number of rotatable bonds is 3. The Labute approximate surface area is 116 Å². The molecule has 0 bridgehead atoms. The molecule has 0 saturated carbocycles. The molecule has 96 valence electrons. The fraction of sp³-hybridized carbons (Fsp3) is 0.385. The number of hydrogen-bond acceptors (Lipinski definition) is 4. The van der Waals surface area contributed by atoms with Gasteiger partial charge in [-0.25, -0.2) is 0 Å². The van der Waals surface area contributed by atoms with Crippen molar-refractivity contribution in [3.05, 3.63) is 35.9 Å². The maximum Gasteiger partial charge on any atom is 0.240 e. The average molecular weight is 280 g/mol. The molecule has 1 atom stereocenters. The lowest BCUT2D eigenvalue weighted by molar-refractivity contribution is -0.128. The minimum atomic E-state index is -0.189. The minimum Gasteiger partial charge on any atom is -0.348 e. The Balaban J connectivity index is 2.20. The number of aliphatic imine (C=N–C) groups is 1. The summed E-state index contributed by atoms with van der Waals surface area (Å²) in [6, 6.07) is 9.90. The van der Waals surface area contributed by atoms with Crippen molar-refractivity contribution in [2.75, 3.05) is 26.4 Å². The van der Waals surface area contributed by atoms with Crippen LogP contribution in [0, 0.1) is 0 Å². The van der Waals surface area contributed by atoms with Crippen LogP contribution < -0.4 is 0 Å². The van der Waals surface area contributed by atoms with Crippen LogP contribution in [0.1, 0.15) is 10.8 Å². The second kappa shape index (κ2) is 6.29. The number of amides is 1. The molecule has 0 N–H and O–H groups in total. The zero-order valence-corrected chi connectivity index (χ0v) is 12.1. The smallest absolute Gasteiger partial charge is 0.240 e. The van der Waals surface area contributed by atoms with Gasteiger partial charge in [0.15, 0.2) is 0 Å². The Kier molecular flexibility index (Phi) is 4.72. The van der Waals surface area contributed by atoms with Gasteiger partial charge in [-0.3, -0.25) is 9.79 Å². The van der Waals surface area contributed by atoms with Gasteiger partial charge in [0, 0.05) is 19.8 Å². The van der Waals surface area contributed by atoms with Gasteiger partial charge in [-0.1, -0.05) is 53.9 Å². The van der Waals surface area contributed by atoms with Crippen LogP contribution >= 0.6 is 23.5 Å². The summed E-state index contributed by atoms with van der Waals surface area (Å²) in [7, 11) is 3.59. The van der Waals surface area contributed by atoms with E-state index in [1.165, 1.54) is 0 Å². The summed E-state index contributed by atoms with van der Waals surface area (Å²) in [6.45, 7) is 0.866. The summed E-state index contributed by atoms with van der Waals surface area (Å²) in [5.74, 6) is 1.14. The Morgan fingerprint density at radius 2 is 2.11 bits per heavy atom. The molecule has 5 heteroatoms. The molecule has 1 unspecified atom stereocenters. The maximum absolute atomic E-state index is 12.3. The topological polar surface area (TPSA) is 32.7 Å². The van der Waals surface area contributed by atoms with Crippen LogP contribution in [-0.4, -0.2) is 41.6 Å². The molecule has 1 aliphatic heterocycles. The molecule has 1 aliphatic rings. The third kappa shape index (κ3) is 3.29. The summed E-state index contributed by atoms with van der Waals surface area (Å²) >= 11 is 3.30. The van der Waals surface area contributed by atoms with Crippen molar-refractivity contribution in [2.24, 2.45) is 4.99 Å². The zero-order valence-electron chi connectivity index (χ0n) is 10.5. The van der Waals surface area contributed by atoms with Crippen LogP contribution in [0.25, 0.3) is 0 Å². The van der Waals surface area contributed by atoms with E-state index in [4.69, 9.17) is 0 Å². The molecule has 1 aromatic carbocycles. The van der Waals surface area contributed by atoms with E-state index >= 15 is 0 Å². The summed E-state index contributed by atoms with van der Waals surface area (Å²) in [6.07, 6.45) is 0. The first-order valence-corrected chi connectivity index (χ1v) is 7.65. The summed E-state index contributed by atoms with van der Waals surface area (Å²) in [5, 5.41) is -0.189. The lowest BCUT2D eigenvalue weighted by Gasteiger charge is -2.20. The number of hydrogen-bond donors (Lipinski definition) is 0. The quantitative estimate of drug-likeness (QED) is 0.853. The Bertz CT molecular complexity index is 446. The van der Waals surface area contributed by atoms with Crippen LogP contribution in [0.3, 0.4) is 0 Å². The molecule has 3 nitrogen and oxygen atoms in total. The lowest BCUT2D eigenvalue weighted by Crippen LogP contribution is -2.27. The lowest BCUT2D eigenvalue weighted by atomic mass is 10.1. The molecule has 2 rings (SSSR count). The third-order valence-electron chi connectivity index (χ3n) is 2.54. The van der Waals surface area contributed by atoms with E-state index in [-0.39, 0.29) is 11.2 Å². The van der Waals surface area contributed by atoms with E-state index in [2.05, 4.69) is 4.99 Å². The van der Waals surface area contributed by atoms with E-state index in [0.717, 1.165) is 22.2 Å². The summed E-state index contributed by atoms with van der Waals surface area (Å²) in [5.41, 5.74) is 1.04. The SMILES string of the molecule is CN(C)C(=O)C(SC1=NCCS1)c1ccccc1. The molecular formula is C13H16N2OS2. The molecule has 1 aromatic rings. The van der Waals surface area contributed by atoms with Crippen molar-refractivity contribution in [1.29, 1.82) is 0 Å². The highest BCUT2D eigenvalue weighted by Gasteiger charge is 2.26. The number of benzene rings is 1. The predicted molar refractivity (Wildman–Crippen MR) is 80.2 cm³/mol. The summed E-state index contributed by atoms with van der Waals surface area (Å²) in [4.78, 5) is 18.3. The van der Waals surface area contributed by atoms with Crippen LogP contribution in [-0.2, 0) is 4.79 Å². The molecule has 1 amide bonds. The maximum atomic E-state index is 12.3. The normalized spacial score (nSPS) is 16.2. The van der Waals surface area contributed by atoms with Crippen LogP contribution in [0.4, 0.5) is 0 Å². The van der Waals surface area contributed by atoms with Crippen LogP contribution in [0.5, 0.6) is 0 Å².